The summed E-state index contributed by atoms with van der Waals surface area (Å²) in [7, 11) is -3.71. The molecule has 0 bridgehead atoms. The van der Waals surface area contributed by atoms with Gasteiger partial charge in [0.1, 0.15) is 17.6 Å². The predicted molar refractivity (Wildman–Crippen MR) is 138 cm³/mol. The molecule has 1 fully saturated rings. The lowest BCUT2D eigenvalue weighted by Crippen LogP contribution is -2.52. The second-order valence-electron chi connectivity index (χ2n) is 9.09. The fourth-order valence-electron chi connectivity index (χ4n) is 4.35. The number of alkyl halides is 3. The molecule has 0 radical (unpaired) electrons. The molecule has 1 aliphatic heterocycles. The van der Waals surface area contributed by atoms with Gasteiger partial charge in [-0.15, -0.1) is 13.2 Å². The average Bonchev–Trinajstić information content (AvgIpc) is 2.91. The molecule has 1 saturated heterocycles. The van der Waals surface area contributed by atoms with Crippen molar-refractivity contribution in [2.24, 2.45) is 0 Å². The fraction of sp³-hybridized carbons (Fsp3) is 0.259. The van der Waals surface area contributed by atoms with Gasteiger partial charge < -0.3 is 19.9 Å². The minimum Gasteiger partial charge on any atom is -0.406 e. The van der Waals surface area contributed by atoms with E-state index in [1.807, 2.05) is 0 Å². The van der Waals surface area contributed by atoms with E-state index in [0.717, 1.165) is 36.6 Å². The van der Waals surface area contributed by atoms with Crippen molar-refractivity contribution in [2.75, 3.05) is 37.3 Å². The van der Waals surface area contributed by atoms with E-state index in [2.05, 4.69) is 10.1 Å². The molecule has 4 rings (SSSR count). The Balaban J connectivity index is 1.49. The van der Waals surface area contributed by atoms with Crippen molar-refractivity contribution in [2.45, 2.75) is 17.3 Å². The van der Waals surface area contributed by atoms with Crippen LogP contribution in [0.15, 0.2) is 77.7 Å². The third kappa shape index (κ3) is 7.08. The lowest BCUT2D eigenvalue weighted by molar-refractivity contribution is -0.274. The van der Waals surface area contributed by atoms with Crippen molar-refractivity contribution in [3.8, 4) is 5.75 Å². The van der Waals surface area contributed by atoms with E-state index in [1.165, 1.54) is 17.0 Å². The third-order valence-corrected chi connectivity index (χ3v) is 7.38. The fourth-order valence-corrected chi connectivity index (χ4v) is 5.26. The number of halogens is 4. The van der Waals surface area contributed by atoms with Crippen LogP contribution in [0, 0.1) is 5.82 Å². The Morgan fingerprint density at radius 3 is 2.12 bits per heavy atom. The average molecular weight is 580 g/mol. The van der Waals surface area contributed by atoms with Crippen molar-refractivity contribution in [1.29, 1.82) is 0 Å². The van der Waals surface area contributed by atoms with Gasteiger partial charge in [-0.05, 0) is 48.0 Å². The van der Waals surface area contributed by atoms with E-state index < -0.39 is 45.6 Å². The number of hydrogen-bond donors (Lipinski definition) is 1. The summed E-state index contributed by atoms with van der Waals surface area (Å²) in [6, 6.07) is 15.2. The van der Waals surface area contributed by atoms with Crippen LogP contribution in [0.25, 0.3) is 0 Å². The molecule has 2 amide bonds. The molecule has 8 nitrogen and oxygen atoms in total. The molecule has 0 spiro atoms. The SMILES string of the molecule is CS(=O)(=O)c1cc(F)ccc1N1CCN(C(=O)[C@H](NC(=O)c2ccc(OC(F)(F)F)cc2)c2ccccc2)CC1. The Kier molecular flexibility index (Phi) is 8.33. The van der Waals surface area contributed by atoms with Gasteiger partial charge in [-0.3, -0.25) is 9.59 Å². The zero-order chi connectivity index (χ0) is 29.1. The van der Waals surface area contributed by atoms with E-state index in [0.29, 0.717) is 11.3 Å². The molecule has 0 saturated carbocycles. The molecule has 0 aromatic heterocycles. The van der Waals surface area contributed by atoms with Crippen LogP contribution in [0.5, 0.6) is 5.75 Å². The molecule has 212 valence electrons. The number of hydrogen-bond acceptors (Lipinski definition) is 6. The summed E-state index contributed by atoms with van der Waals surface area (Å²) in [5.74, 6) is -2.26. The van der Waals surface area contributed by atoms with Crippen molar-refractivity contribution < 1.29 is 40.3 Å². The molecule has 1 N–H and O–H groups in total. The molecule has 3 aromatic carbocycles. The second kappa shape index (κ2) is 11.5. The van der Waals surface area contributed by atoms with E-state index in [-0.39, 0.29) is 36.6 Å². The second-order valence-corrected chi connectivity index (χ2v) is 11.1. The summed E-state index contributed by atoms with van der Waals surface area (Å²) >= 11 is 0. The zero-order valence-corrected chi connectivity index (χ0v) is 22.0. The van der Waals surface area contributed by atoms with E-state index in [9.17, 15) is 35.6 Å². The summed E-state index contributed by atoms with van der Waals surface area (Å²) < 4.78 is 79.3. The maximum Gasteiger partial charge on any atom is 0.573 e. The molecule has 13 heteroatoms. The number of benzene rings is 3. The first kappa shape index (κ1) is 28.9. The summed E-state index contributed by atoms with van der Waals surface area (Å²) in [4.78, 5) is 29.7. The van der Waals surface area contributed by atoms with E-state index in [1.54, 1.807) is 35.2 Å². The first-order valence-corrected chi connectivity index (χ1v) is 14.0. The van der Waals surface area contributed by atoms with Gasteiger partial charge in [-0.25, -0.2) is 12.8 Å². The van der Waals surface area contributed by atoms with Crippen LogP contribution in [0.1, 0.15) is 22.0 Å². The number of anilines is 1. The summed E-state index contributed by atoms with van der Waals surface area (Å²) in [6.45, 7) is 0.913. The minimum absolute atomic E-state index is 0.0256. The highest BCUT2D eigenvalue weighted by atomic mass is 32.2. The zero-order valence-electron chi connectivity index (χ0n) is 21.2. The number of sulfone groups is 1. The summed E-state index contributed by atoms with van der Waals surface area (Å²) in [5, 5.41) is 2.66. The standard InChI is InChI=1S/C27H25F4N3O5S/c1-40(37,38)23-17-20(28)9-12-22(23)33-13-15-34(16-14-33)26(36)24(18-5-3-2-4-6-18)32-25(35)19-7-10-21(11-8-19)39-27(29,30)31/h2-12,17,24H,13-16H2,1H3,(H,32,35)/t24-/m1/s1. The maximum atomic E-state index is 13.8. The lowest BCUT2D eigenvalue weighted by atomic mass is 10.0. The van der Waals surface area contributed by atoms with Crippen molar-refractivity contribution in [3.05, 3.63) is 89.7 Å². The Morgan fingerprint density at radius 2 is 1.55 bits per heavy atom. The lowest BCUT2D eigenvalue weighted by Gasteiger charge is -2.38. The van der Waals surface area contributed by atoms with Crippen LogP contribution in [0.3, 0.4) is 0 Å². The number of amides is 2. The normalized spacial score (nSPS) is 14.9. The van der Waals surface area contributed by atoms with Crippen LogP contribution in [0.4, 0.5) is 23.2 Å². The van der Waals surface area contributed by atoms with Gasteiger partial charge in [0, 0.05) is 38.0 Å². The van der Waals surface area contributed by atoms with E-state index >= 15 is 0 Å². The van der Waals surface area contributed by atoms with Gasteiger partial charge in [0.2, 0.25) is 5.91 Å². The van der Waals surface area contributed by atoms with Gasteiger partial charge in [0.05, 0.1) is 10.6 Å². The number of ether oxygens (including phenoxy) is 1. The van der Waals surface area contributed by atoms with Crippen molar-refractivity contribution in [3.63, 3.8) is 0 Å². The summed E-state index contributed by atoms with van der Waals surface area (Å²) in [5.41, 5.74) is 0.859. The molecule has 3 aromatic rings. The van der Waals surface area contributed by atoms with Crippen LogP contribution >= 0.6 is 0 Å². The number of rotatable bonds is 7. The van der Waals surface area contributed by atoms with Crippen molar-refractivity contribution >= 4 is 27.3 Å². The van der Waals surface area contributed by atoms with Gasteiger partial charge in [-0.1, -0.05) is 30.3 Å². The number of nitrogens with zero attached hydrogens (tertiary/aromatic N) is 2. The molecule has 1 aliphatic rings. The van der Waals surface area contributed by atoms with Crippen LogP contribution in [0.2, 0.25) is 0 Å². The Hall–Kier alpha value is -4.13. The smallest absolute Gasteiger partial charge is 0.406 e. The van der Waals surface area contributed by atoms with Gasteiger partial charge in [0.25, 0.3) is 5.91 Å². The van der Waals surface area contributed by atoms with Gasteiger partial charge >= 0.3 is 6.36 Å². The monoisotopic (exact) mass is 579 g/mol. The minimum atomic E-state index is -4.87. The first-order valence-electron chi connectivity index (χ1n) is 12.1. The number of carbonyl (C=O) groups is 2. The van der Waals surface area contributed by atoms with Crippen molar-refractivity contribution in [1.82, 2.24) is 10.2 Å². The Labute approximate surface area is 228 Å². The van der Waals surface area contributed by atoms with Crippen LogP contribution in [-0.4, -0.2) is 63.9 Å². The molecule has 40 heavy (non-hydrogen) atoms. The molecule has 0 unspecified atom stereocenters. The predicted octanol–water partition coefficient (Wildman–Crippen LogP) is 3.95. The Morgan fingerprint density at radius 1 is 0.925 bits per heavy atom. The molecule has 1 atom stereocenters. The number of piperazine rings is 1. The van der Waals surface area contributed by atoms with Gasteiger partial charge in [-0.2, -0.15) is 0 Å². The van der Waals surface area contributed by atoms with E-state index in [4.69, 9.17) is 0 Å². The molecule has 0 aliphatic carbocycles. The molecular formula is C27H25F4N3O5S. The highest BCUT2D eigenvalue weighted by Crippen LogP contribution is 2.28. The number of nitrogens with one attached hydrogen (secondary N) is 1. The highest BCUT2D eigenvalue weighted by Gasteiger charge is 2.32. The third-order valence-electron chi connectivity index (χ3n) is 6.26. The van der Waals surface area contributed by atoms with Gasteiger partial charge in [0.15, 0.2) is 9.84 Å². The maximum absolute atomic E-state index is 13.8. The topological polar surface area (TPSA) is 96.0 Å². The molecular weight excluding hydrogens is 554 g/mol. The Bertz CT molecular complexity index is 1470. The van der Waals surface area contributed by atoms with Crippen LogP contribution < -0.4 is 15.0 Å². The highest BCUT2D eigenvalue weighted by molar-refractivity contribution is 7.90. The summed E-state index contributed by atoms with van der Waals surface area (Å²) in [6.07, 6.45) is -3.88. The first-order chi connectivity index (χ1) is 18.8. The quantitative estimate of drug-likeness (QED) is 0.426. The van der Waals surface area contributed by atoms with Crippen LogP contribution in [-0.2, 0) is 14.6 Å². The molecule has 1 heterocycles. The number of carbonyl (C=O) groups excluding carboxylic acids is 2. The largest absolute Gasteiger partial charge is 0.573 e.